The van der Waals surface area contributed by atoms with Gasteiger partial charge >= 0.3 is 0 Å². The van der Waals surface area contributed by atoms with Crippen LogP contribution >= 0.6 is 0 Å². The largest absolute Gasteiger partial charge is 0.871 e. The van der Waals surface area contributed by atoms with Crippen molar-refractivity contribution >= 4 is 55.3 Å². The van der Waals surface area contributed by atoms with E-state index in [9.17, 15) is 20.1 Å². The highest BCUT2D eigenvalue weighted by molar-refractivity contribution is 6.40. The normalized spacial score (nSPS) is 16.6. The summed E-state index contributed by atoms with van der Waals surface area (Å²) < 4.78 is 4.20. The summed E-state index contributed by atoms with van der Waals surface area (Å²) in [5.41, 5.74) is 4.77. The van der Waals surface area contributed by atoms with Gasteiger partial charge in [0.05, 0.1) is 27.7 Å². The second-order valence-corrected chi connectivity index (χ2v) is 13.0. The van der Waals surface area contributed by atoms with Crippen LogP contribution in [0.5, 0.6) is 11.5 Å². The van der Waals surface area contributed by atoms with Gasteiger partial charge in [-0.3, -0.25) is 4.79 Å². The molecule has 47 heavy (non-hydrogen) atoms. The van der Waals surface area contributed by atoms with Crippen LogP contribution in [0.1, 0.15) is 44.7 Å². The van der Waals surface area contributed by atoms with Gasteiger partial charge in [-0.25, -0.2) is 0 Å². The van der Waals surface area contributed by atoms with E-state index in [1.165, 1.54) is 17.7 Å². The van der Waals surface area contributed by atoms with Crippen LogP contribution in [0.15, 0.2) is 114 Å². The third-order valence-corrected chi connectivity index (χ3v) is 9.88. The highest BCUT2D eigenvalue weighted by Crippen LogP contribution is 2.48. The third-order valence-electron chi connectivity index (χ3n) is 9.88. The molecule has 0 bridgehead atoms. The molecule has 0 radical (unpaired) electrons. The van der Waals surface area contributed by atoms with Crippen molar-refractivity contribution in [1.82, 2.24) is 4.57 Å². The van der Waals surface area contributed by atoms with E-state index in [0.717, 1.165) is 63.4 Å². The Kier molecular flexibility index (Phi) is 6.41. The number of hydrogen-bond donors (Lipinski definition) is 2. The molecule has 0 spiro atoms. The molecule has 0 saturated carbocycles. The number of aromatic nitrogens is 1. The highest BCUT2D eigenvalue weighted by Gasteiger charge is 2.47. The Morgan fingerprint density at radius 2 is 1.43 bits per heavy atom. The molecule has 2 heterocycles. The van der Waals surface area contributed by atoms with Gasteiger partial charge < -0.3 is 19.9 Å². The minimum atomic E-state index is -0.482. The van der Waals surface area contributed by atoms with Crippen LogP contribution in [-0.2, 0) is 10.2 Å². The van der Waals surface area contributed by atoms with E-state index >= 15 is 0 Å². The number of nitrogens with zero attached hydrogens (tertiary/aromatic N) is 2. The second kappa shape index (κ2) is 10.5. The number of fused-ring (bicyclic) bond motifs is 6. The topological polar surface area (TPSA) is 88.5 Å². The Hall–Kier alpha value is -5.62. The lowest BCUT2D eigenvalue weighted by molar-refractivity contribution is -0.438. The summed E-state index contributed by atoms with van der Waals surface area (Å²) in [5, 5.41) is 40.7. The molecule has 5 aromatic carbocycles. The Bertz CT molecular complexity index is 2350. The van der Waals surface area contributed by atoms with Crippen molar-refractivity contribution in [2.24, 2.45) is 0 Å². The molecule has 0 atom stereocenters. The van der Waals surface area contributed by atoms with Gasteiger partial charge in [0.2, 0.25) is 5.69 Å². The maximum atomic E-state index is 13.8. The maximum Gasteiger partial charge on any atom is 0.210 e. The number of benzene rings is 5. The number of ketones is 1. The van der Waals surface area contributed by atoms with Crippen LogP contribution in [0, 0.1) is 0 Å². The molecule has 232 valence electrons. The molecule has 6 nitrogen and oxygen atoms in total. The number of phenolic OH excluding ortho intramolecular Hbond substituents is 2. The van der Waals surface area contributed by atoms with Crippen LogP contribution in [0.4, 0.5) is 5.69 Å². The Balaban J connectivity index is 1.24. The van der Waals surface area contributed by atoms with E-state index in [-0.39, 0.29) is 28.2 Å². The molecule has 1 aliphatic carbocycles. The molecule has 1 aliphatic heterocycles. The van der Waals surface area contributed by atoms with Crippen molar-refractivity contribution in [3.63, 3.8) is 0 Å². The molecular formula is C41H34N2O4. The molecule has 6 heteroatoms. The molecule has 0 fully saturated rings. The average molecular weight is 619 g/mol. The molecule has 0 amide bonds. The SMILES string of the molecule is CCCC[N+]1=C(/C=C2\C(=O)C(c3c(O)cc(-n4c5ccccc5c5ccccc54)cc3O)=C2[O-])C(C)(C)c2c1ccc1ccccc21. The van der Waals surface area contributed by atoms with E-state index in [0.29, 0.717) is 5.69 Å². The monoisotopic (exact) mass is 618 g/mol. The number of carbonyl (C=O) groups excluding carboxylic acids is 1. The number of rotatable bonds is 6. The summed E-state index contributed by atoms with van der Waals surface area (Å²) in [6, 6.07) is 31.4. The van der Waals surface area contributed by atoms with Gasteiger partial charge in [-0.1, -0.05) is 79.8 Å². The van der Waals surface area contributed by atoms with E-state index < -0.39 is 17.0 Å². The number of Topliss-reactive ketones (excluding diaryl/α,β-unsaturated/α-hetero) is 1. The van der Waals surface area contributed by atoms with Crippen molar-refractivity contribution in [3.8, 4) is 17.2 Å². The third kappa shape index (κ3) is 4.10. The molecule has 2 aliphatic rings. The van der Waals surface area contributed by atoms with E-state index in [1.54, 1.807) is 6.08 Å². The van der Waals surface area contributed by atoms with Gasteiger partial charge in [0.25, 0.3) is 0 Å². The fraction of sp³-hybridized carbons (Fsp3) is 0.171. The first-order valence-electron chi connectivity index (χ1n) is 16.1. The molecule has 8 rings (SSSR count). The maximum absolute atomic E-state index is 13.8. The Morgan fingerprint density at radius 3 is 2.04 bits per heavy atom. The predicted octanol–water partition coefficient (Wildman–Crippen LogP) is 7.81. The quantitative estimate of drug-likeness (QED) is 0.147. The first-order valence-corrected chi connectivity index (χ1v) is 16.1. The fourth-order valence-electron chi connectivity index (χ4n) is 7.64. The number of phenols is 2. The minimum absolute atomic E-state index is 0.0620. The van der Waals surface area contributed by atoms with Crippen molar-refractivity contribution in [1.29, 1.82) is 0 Å². The second-order valence-electron chi connectivity index (χ2n) is 13.0. The van der Waals surface area contributed by atoms with Crippen molar-refractivity contribution in [3.05, 3.63) is 126 Å². The number of allylic oxidation sites excluding steroid dienone is 3. The summed E-state index contributed by atoms with van der Waals surface area (Å²) in [5.74, 6) is -1.61. The first-order chi connectivity index (χ1) is 22.7. The van der Waals surface area contributed by atoms with Crippen molar-refractivity contribution in [2.75, 3.05) is 6.54 Å². The summed E-state index contributed by atoms with van der Waals surface area (Å²) in [4.78, 5) is 13.8. The molecule has 0 unspecified atom stereocenters. The predicted molar refractivity (Wildman–Crippen MR) is 186 cm³/mol. The van der Waals surface area contributed by atoms with Crippen LogP contribution in [0.3, 0.4) is 0 Å². The average Bonchev–Trinajstić information content (AvgIpc) is 3.52. The molecule has 1 aromatic heterocycles. The van der Waals surface area contributed by atoms with Gasteiger partial charge in [-0.15, -0.1) is 0 Å². The number of carbonyl (C=O) groups is 1. The molecule has 0 saturated heterocycles. The smallest absolute Gasteiger partial charge is 0.210 e. The van der Waals surface area contributed by atoms with Crippen LogP contribution in [0.2, 0.25) is 0 Å². The van der Waals surface area contributed by atoms with Crippen molar-refractivity contribution in [2.45, 2.75) is 39.0 Å². The Morgan fingerprint density at radius 1 is 0.830 bits per heavy atom. The summed E-state index contributed by atoms with van der Waals surface area (Å²) in [6.45, 7) is 7.18. The van der Waals surface area contributed by atoms with Crippen LogP contribution in [-0.4, -0.2) is 37.4 Å². The fourth-order valence-corrected chi connectivity index (χ4v) is 7.64. The lowest BCUT2D eigenvalue weighted by Crippen LogP contribution is -2.34. The number of para-hydroxylation sites is 2. The summed E-state index contributed by atoms with van der Waals surface area (Å²) in [6.07, 6.45) is 3.69. The van der Waals surface area contributed by atoms with Gasteiger partial charge in [-0.05, 0) is 42.8 Å². The van der Waals surface area contributed by atoms with Crippen LogP contribution < -0.4 is 5.11 Å². The summed E-state index contributed by atoms with van der Waals surface area (Å²) in [7, 11) is 0. The van der Waals surface area contributed by atoms with E-state index in [1.807, 2.05) is 65.2 Å². The number of aromatic hydroxyl groups is 2. The van der Waals surface area contributed by atoms with Gasteiger partial charge in [0, 0.05) is 58.2 Å². The molecule has 6 aromatic rings. The van der Waals surface area contributed by atoms with Gasteiger partial charge in [-0.2, -0.15) is 4.58 Å². The van der Waals surface area contributed by atoms with Gasteiger partial charge in [0.15, 0.2) is 11.5 Å². The van der Waals surface area contributed by atoms with E-state index in [4.69, 9.17) is 0 Å². The van der Waals surface area contributed by atoms with Crippen LogP contribution in [0.25, 0.3) is 43.8 Å². The first kappa shape index (κ1) is 28.8. The highest BCUT2D eigenvalue weighted by atomic mass is 16.3. The zero-order valence-electron chi connectivity index (χ0n) is 26.5. The Labute approximate surface area is 272 Å². The lowest BCUT2D eigenvalue weighted by atomic mass is 9.76. The molecule has 2 N–H and O–H groups in total. The van der Waals surface area contributed by atoms with Gasteiger partial charge in [0.1, 0.15) is 18.0 Å². The number of unbranched alkanes of at least 4 members (excludes halogenated alkanes) is 1. The zero-order valence-corrected chi connectivity index (χ0v) is 26.5. The lowest BCUT2D eigenvalue weighted by Gasteiger charge is -2.31. The molecular weight excluding hydrogens is 584 g/mol. The van der Waals surface area contributed by atoms with Crippen molar-refractivity contribution < 1.29 is 24.7 Å². The summed E-state index contributed by atoms with van der Waals surface area (Å²) >= 11 is 0. The zero-order chi connectivity index (χ0) is 32.6. The van der Waals surface area contributed by atoms with E-state index in [2.05, 4.69) is 49.6 Å². The number of hydrogen-bond acceptors (Lipinski definition) is 4. The standard InChI is InChI=1S/C41H34N2O4/c1-4-5-20-42-32-19-18-24-12-6-7-13-26(24)38(32)41(2,3)35(42)23-29-39(46)37(40(29)47)36-33(44)21-25(22-34(36)45)43-30-16-10-8-14-27(30)28-15-9-11-17-31(28)43/h6-19,21-23H,4-5,20H2,1-3H3,(H2,44,45,46,47). The minimum Gasteiger partial charge on any atom is -0.871 e.